The molecule has 2 rings (SSSR count). The van der Waals surface area contributed by atoms with E-state index in [1.807, 2.05) is 0 Å². The van der Waals surface area contributed by atoms with Gasteiger partial charge in [0.05, 0.1) is 6.20 Å². The molecule has 1 heterocycles. The van der Waals surface area contributed by atoms with Crippen LogP contribution in [0.5, 0.6) is 0 Å². The summed E-state index contributed by atoms with van der Waals surface area (Å²) in [6.45, 7) is 4.90. The predicted octanol–water partition coefficient (Wildman–Crippen LogP) is 3.68. The standard InChI is InChI=1S/C13H21ClN2O2S2/c1-10(2)7-13(5-3-4-6-13)9-16-20(17,18)11-8-15-12(14)19-11/h8,10,16H,3-7,9H2,1-2H3. The van der Waals surface area contributed by atoms with Gasteiger partial charge in [-0.15, -0.1) is 0 Å². The lowest BCUT2D eigenvalue weighted by molar-refractivity contribution is 0.236. The molecule has 1 aromatic rings. The summed E-state index contributed by atoms with van der Waals surface area (Å²) in [5.41, 5.74) is 0.121. The van der Waals surface area contributed by atoms with Gasteiger partial charge in [0.15, 0.2) is 8.68 Å². The SMILES string of the molecule is CC(C)CC1(CNS(=O)(=O)c2cnc(Cl)s2)CCCC1. The van der Waals surface area contributed by atoms with Crippen LogP contribution in [-0.4, -0.2) is 19.9 Å². The third-order valence-electron chi connectivity index (χ3n) is 3.86. The number of sulfonamides is 1. The van der Waals surface area contributed by atoms with Gasteiger partial charge in [0.1, 0.15) is 0 Å². The molecule has 0 aliphatic heterocycles. The van der Waals surface area contributed by atoms with Crippen molar-refractivity contribution in [3.63, 3.8) is 0 Å². The molecule has 0 saturated heterocycles. The zero-order chi connectivity index (χ0) is 14.8. The number of nitrogens with one attached hydrogen (secondary N) is 1. The van der Waals surface area contributed by atoms with Gasteiger partial charge in [-0.05, 0) is 30.6 Å². The highest BCUT2D eigenvalue weighted by molar-refractivity contribution is 7.91. The maximum absolute atomic E-state index is 12.2. The molecule has 7 heteroatoms. The monoisotopic (exact) mass is 336 g/mol. The first-order chi connectivity index (χ1) is 9.33. The summed E-state index contributed by atoms with van der Waals surface area (Å²) in [4.78, 5) is 3.79. The first-order valence-electron chi connectivity index (χ1n) is 6.94. The van der Waals surface area contributed by atoms with Crippen LogP contribution in [0.1, 0.15) is 46.0 Å². The molecular weight excluding hydrogens is 316 g/mol. The largest absolute Gasteiger partial charge is 0.251 e. The van der Waals surface area contributed by atoms with Crippen molar-refractivity contribution in [1.29, 1.82) is 0 Å². The highest BCUT2D eigenvalue weighted by Crippen LogP contribution is 2.42. The minimum Gasteiger partial charge on any atom is -0.232 e. The van der Waals surface area contributed by atoms with Gasteiger partial charge >= 0.3 is 0 Å². The van der Waals surface area contributed by atoms with Crippen molar-refractivity contribution in [3.8, 4) is 0 Å². The topological polar surface area (TPSA) is 59.1 Å². The van der Waals surface area contributed by atoms with Crippen LogP contribution in [0.3, 0.4) is 0 Å². The van der Waals surface area contributed by atoms with Crippen LogP contribution < -0.4 is 4.72 Å². The van der Waals surface area contributed by atoms with Gasteiger partial charge in [-0.3, -0.25) is 0 Å². The molecule has 1 fully saturated rings. The third kappa shape index (κ3) is 3.93. The average Bonchev–Trinajstić information content (AvgIpc) is 2.96. The van der Waals surface area contributed by atoms with Crippen LogP contribution in [-0.2, 0) is 10.0 Å². The zero-order valence-corrected chi connectivity index (χ0v) is 14.2. The van der Waals surface area contributed by atoms with Crippen molar-refractivity contribution in [1.82, 2.24) is 9.71 Å². The van der Waals surface area contributed by atoms with E-state index >= 15 is 0 Å². The first kappa shape index (κ1) is 16.2. The van der Waals surface area contributed by atoms with E-state index in [4.69, 9.17) is 11.6 Å². The summed E-state index contributed by atoms with van der Waals surface area (Å²) in [6, 6.07) is 0. The highest BCUT2D eigenvalue weighted by atomic mass is 35.5. The van der Waals surface area contributed by atoms with Crippen molar-refractivity contribution in [2.24, 2.45) is 11.3 Å². The second kappa shape index (κ2) is 6.30. The van der Waals surface area contributed by atoms with Gasteiger partial charge in [-0.25, -0.2) is 18.1 Å². The summed E-state index contributed by atoms with van der Waals surface area (Å²) in [5.74, 6) is 0.579. The molecule has 1 aliphatic carbocycles. The molecule has 0 amide bonds. The number of thiazole rings is 1. The van der Waals surface area contributed by atoms with Gasteiger partial charge < -0.3 is 0 Å². The van der Waals surface area contributed by atoms with E-state index < -0.39 is 10.0 Å². The molecule has 1 aromatic heterocycles. The molecule has 4 nitrogen and oxygen atoms in total. The Morgan fingerprint density at radius 2 is 2.10 bits per heavy atom. The molecule has 0 aromatic carbocycles. The van der Waals surface area contributed by atoms with Crippen molar-refractivity contribution in [2.75, 3.05) is 6.54 Å². The number of hydrogen-bond donors (Lipinski definition) is 1. The van der Waals surface area contributed by atoms with Crippen molar-refractivity contribution < 1.29 is 8.42 Å². The summed E-state index contributed by atoms with van der Waals surface area (Å²) >= 11 is 6.70. The molecule has 1 N–H and O–H groups in total. The zero-order valence-electron chi connectivity index (χ0n) is 11.9. The van der Waals surface area contributed by atoms with Crippen molar-refractivity contribution in [3.05, 3.63) is 10.7 Å². The summed E-state index contributed by atoms with van der Waals surface area (Å²) in [7, 11) is -3.48. The molecular formula is C13H21ClN2O2S2. The maximum Gasteiger partial charge on any atom is 0.251 e. The Labute approximate surface area is 130 Å². The maximum atomic E-state index is 12.2. The van der Waals surface area contributed by atoms with Crippen LogP contribution >= 0.6 is 22.9 Å². The fraction of sp³-hybridized carbons (Fsp3) is 0.769. The Hall–Kier alpha value is -0.170. The normalized spacial score (nSPS) is 18.8. The second-order valence-electron chi connectivity index (χ2n) is 6.06. The number of nitrogens with zero attached hydrogens (tertiary/aromatic N) is 1. The van der Waals surface area contributed by atoms with E-state index in [9.17, 15) is 8.42 Å². The lowest BCUT2D eigenvalue weighted by Crippen LogP contribution is -2.36. The molecule has 1 aliphatic rings. The third-order valence-corrected chi connectivity index (χ3v) is 6.84. The van der Waals surface area contributed by atoms with Crippen molar-refractivity contribution in [2.45, 2.75) is 50.2 Å². The fourth-order valence-electron chi connectivity index (χ4n) is 3.13. The number of rotatable bonds is 6. The molecule has 0 bridgehead atoms. The van der Waals surface area contributed by atoms with Gasteiger partial charge in [-0.2, -0.15) is 0 Å². The van der Waals surface area contributed by atoms with Crippen LogP contribution in [0.4, 0.5) is 0 Å². The van der Waals surface area contributed by atoms with E-state index in [0.717, 1.165) is 30.6 Å². The number of hydrogen-bond acceptors (Lipinski definition) is 4. The Morgan fingerprint density at radius 1 is 1.45 bits per heavy atom. The summed E-state index contributed by atoms with van der Waals surface area (Å²) in [5, 5.41) is 0. The van der Waals surface area contributed by atoms with E-state index in [1.54, 1.807) is 0 Å². The molecule has 0 radical (unpaired) electrons. The molecule has 0 unspecified atom stereocenters. The van der Waals surface area contributed by atoms with Crippen LogP contribution in [0.15, 0.2) is 10.4 Å². The van der Waals surface area contributed by atoms with E-state index in [0.29, 0.717) is 12.5 Å². The lowest BCUT2D eigenvalue weighted by Gasteiger charge is -2.31. The van der Waals surface area contributed by atoms with E-state index in [-0.39, 0.29) is 14.1 Å². The van der Waals surface area contributed by atoms with Gasteiger partial charge in [0.2, 0.25) is 0 Å². The van der Waals surface area contributed by atoms with Crippen LogP contribution in [0.2, 0.25) is 4.47 Å². The van der Waals surface area contributed by atoms with Crippen LogP contribution in [0, 0.1) is 11.3 Å². The minimum atomic E-state index is -3.48. The Morgan fingerprint density at radius 3 is 2.60 bits per heavy atom. The molecule has 0 spiro atoms. The summed E-state index contributed by atoms with van der Waals surface area (Å²) in [6.07, 6.45) is 6.99. The van der Waals surface area contributed by atoms with Crippen molar-refractivity contribution >= 4 is 33.0 Å². The van der Waals surface area contributed by atoms with Gasteiger partial charge in [-0.1, -0.05) is 49.6 Å². The van der Waals surface area contributed by atoms with E-state index in [1.165, 1.54) is 19.0 Å². The fourth-order valence-corrected chi connectivity index (χ4v) is 5.62. The van der Waals surface area contributed by atoms with Gasteiger partial charge in [0.25, 0.3) is 10.0 Å². The second-order valence-corrected chi connectivity index (χ2v) is 9.67. The predicted molar refractivity (Wildman–Crippen MR) is 82.7 cm³/mol. The highest BCUT2D eigenvalue weighted by Gasteiger charge is 2.35. The minimum absolute atomic E-state index is 0.121. The Balaban J connectivity index is 2.06. The lowest BCUT2D eigenvalue weighted by atomic mass is 9.79. The van der Waals surface area contributed by atoms with Crippen LogP contribution in [0.25, 0.3) is 0 Å². The number of aromatic nitrogens is 1. The summed E-state index contributed by atoms with van der Waals surface area (Å²) < 4.78 is 27.7. The van der Waals surface area contributed by atoms with Gasteiger partial charge in [0, 0.05) is 6.54 Å². The average molecular weight is 337 g/mol. The molecule has 20 heavy (non-hydrogen) atoms. The Kier molecular flexibility index (Phi) is 5.10. The molecule has 1 saturated carbocycles. The Bertz CT molecular complexity index is 548. The molecule has 0 atom stereocenters. The quantitative estimate of drug-likeness (QED) is 0.862. The first-order valence-corrected chi connectivity index (χ1v) is 9.62. The smallest absolute Gasteiger partial charge is 0.232 e. The number of halogens is 1. The molecule has 114 valence electrons. The van der Waals surface area contributed by atoms with E-state index in [2.05, 4.69) is 23.6 Å².